The number of hydrazine groups is 1. The van der Waals surface area contributed by atoms with Crippen LogP contribution in [0, 0.1) is 5.95 Å². The Hall–Kier alpha value is -1.18. The minimum Gasteiger partial charge on any atom is -0.423 e. The van der Waals surface area contributed by atoms with Crippen molar-refractivity contribution in [3.8, 4) is 0 Å². The predicted molar refractivity (Wildman–Crippen MR) is 60.7 cm³/mol. The van der Waals surface area contributed by atoms with Crippen molar-refractivity contribution in [1.29, 1.82) is 0 Å². The lowest BCUT2D eigenvalue weighted by atomic mass is 9.81. The number of hydrogen-bond acceptors (Lipinski definition) is 5. The lowest BCUT2D eigenvalue weighted by Crippen LogP contribution is -2.39. The van der Waals surface area contributed by atoms with Gasteiger partial charge in [0.05, 0.1) is 0 Å². The van der Waals surface area contributed by atoms with E-state index in [0.717, 1.165) is 0 Å². The monoisotopic (exact) mass is 227 g/mol. The molecule has 1 rings (SSSR count). The lowest BCUT2D eigenvalue weighted by Gasteiger charge is -2.28. The maximum absolute atomic E-state index is 13.4. The molecule has 0 radical (unpaired) electrons. The molecule has 88 valence electrons. The van der Waals surface area contributed by atoms with Crippen LogP contribution < -0.4 is 10.5 Å². The molecular weight excluding hydrogens is 212 g/mol. The molecule has 1 aromatic rings. The second kappa shape index (κ2) is 5.24. The van der Waals surface area contributed by atoms with Crippen LogP contribution in [-0.4, -0.2) is 47.8 Å². The van der Waals surface area contributed by atoms with Gasteiger partial charge in [-0.1, -0.05) is 6.07 Å². The first-order chi connectivity index (χ1) is 7.47. The first kappa shape index (κ1) is 12.9. The number of anilines is 1. The van der Waals surface area contributed by atoms with Crippen molar-refractivity contribution in [3.63, 3.8) is 0 Å². The van der Waals surface area contributed by atoms with Crippen molar-refractivity contribution in [2.75, 3.05) is 25.6 Å². The van der Waals surface area contributed by atoms with E-state index < -0.39 is 13.1 Å². The van der Waals surface area contributed by atoms with Crippen molar-refractivity contribution in [2.24, 2.45) is 0 Å². The van der Waals surface area contributed by atoms with E-state index in [1.165, 1.54) is 6.07 Å². The van der Waals surface area contributed by atoms with E-state index >= 15 is 0 Å². The molecular formula is C9H15BFN3O2. The van der Waals surface area contributed by atoms with Crippen LogP contribution in [0.3, 0.4) is 0 Å². The van der Waals surface area contributed by atoms with E-state index in [0.29, 0.717) is 12.4 Å². The number of hydrogen-bond donors (Lipinski definition) is 2. The summed E-state index contributed by atoms with van der Waals surface area (Å²) in [6.45, 7) is 2.55. The zero-order valence-electron chi connectivity index (χ0n) is 9.55. The van der Waals surface area contributed by atoms with E-state index in [1.807, 2.05) is 21.0 Å². The van der Waals surface area contributed by atoms with E-state index in [9.17, 15) is 4.39 Å². The molecule has 0 fully saturated rings. The van der Waals surface area contributed by atoms with Crippen LogP contribution in [0.15, 0.2) is 12.1 Å². The van der Waals surface area contributed by atoms with Crippen molar-refractivity contribution in [2.45, 2.75) is 6.92 Å². The highest BCUT2D eigenvalue weighted by atomic mass is 19.1. The number of halogens is 1. The fourth-order valence-electron chi connectivity index (χ4n) is 1.42. The van der Waals surface area contributed by atoms with Crippen molar-refractivity contribution >= 4 is 18.4 Å². The molecule has 0 unspecified atom stereocenters. The number of pyridine rings is 1. The Morgan fingerprint density at radius 1 is 1.38 bits per heavy atom. The standard InChI is InChI=1S/C9H15BFN3O2/c1-4-14(13(2)3)8-6-5-7(10(15)16)9(11)12-8/h5-6,15-16H,4H2,1-3H3. The summed E-state index contributed by atoms with van der Waals surface area (Å²) in [5, 5.41) is 21.2. The Labute approximate surface area is 94.2 Å². The van der Waals surface area contributed by atoms with Gasteiger partial charge in [0.25, 0.3) is 0 Å². The Bertz CT molecular complexity index is 363. The number of aromatic nitrogens is 1. The molecule has 0 spiro atoms. The lowest BCUT2D eigenvalue weighted by molar-refractivity contribution is 0.370. The number of nitrogens with zero attached hydrogens (tertiary/aromatic N) is 3. The van der Waals surface area contributed by atoms with Gasteiger partial charge in [0, 0.05) is 26.1 Å². The molecule has 0 saturated carbocycles. The summed E-state index contributed by atoms with van der Waals surface area (Å²) in [5.74, 6) is -0.442. The highest BCUT2D eigenvalue weighted by molar-refractivity contribution is 6.58. The zero-order valence-corrected chi connectivity index (χ0v) is 9.55. The summed E-state index contributed by atoms with van der Waals surface area (Å²) < 4.78 is 13.4. The Morgan fingerprint density at radius 2 is 2.00 bits per heavy atom. The maximum atomic E-state index is 13.4. The quantitative estimate of drug-likeness (QED) is 0.400. The first-order valence-corrected chi connectivity index (χ1v) is 4.94. The summed E-state index contributed by atoms with van der Waals surface area (Å²) in [4.78, 5) is 3.68. The van der Waals surface area contributed by atoms with Gasteiger partial charge in [0.15, 0.2) is 0 Å². The van der Waals surface area contributed by atoms with Gasteiger partial charge in [0.1, 0.15) is 5.82 Å². The average Bonchev–Trinajstić information content (AvgIpc) is 2.17. The molecule has 0 saturated heterocycles. The first-order valence-electron chi connectivity index (χ1n) is 4.94. The van der Waals surface area contributed by atoms with Gasteiger partial charge in [-0.2, -0.15) is 4.39 Å². The maximum Gasteiger partial charge on any atom is 0.493 e. The predicted octanol–water partition coefficient (Wildman–Crippen LogP) is -0.797. The third kappa shape index (κ3) is 2.69. The zero-order chi connectivity index (χ0) is 12.3. The van der Waals surface area contributed by atoms with Gasteiger partial charge < -0.3 is 10.0 Å². The topological polar surface area (TPSA) is 59.8 Å². The molecule has 1 aromatic heterocycles. The molecule has 0 aromatic carbocycles. The minimum absolute atomic E-state index is 0.224. The van der Waals surface area contributed by atoms with Crippen molar-refractivity contribution < 1.29 is 14.4 Å². The van der Waals surface area contributed by atoms with Gasteiger partial charge in [0.2, 0.25) is 5.95 Å². The van der Waals surface area contributed by atoms with Gasteiger partial charge in [-0.3, -0.25) is 5.01 Å². The Kier molecular flexibility index (Phi) is 4.22. The van der Waals surface area contributed by atoms with Gasteiger partial charge >= 0.3 is 7.12 Å². The van der Waals surface area contributed by atoms with E-state index in [-0.39, 0.29) is 5.46 Å². The van der Waals surface area contributed by atoms with E-state index in [4.69, 9.17) is 10.0 Å². The molecule has 7 heteroatoms. The summed E-state index contributed by atoms with van der Waals surface area (Å²) >= 11 is 0. The van der Waals surface area contributed by atoms with E-state index in [1.54, 1.807) is 16.1 Å². The molecule has 0 aliphatic rings. The molecule has 2 N–H and O–H groups in total. The average molecular weight is 227 g/mol. The second-order valence-corrected chi connectivity index (χ2v) is 3.49. The Morgan fingerprint density at radius 3 is 2.38 bits per heavy atom. The van der Waals surface area contributed by atoms with Crippen LogP contribution in [0.4, 0.5) is 10.2 Å². The van der Waals surface area contributed by atoms with Crippen molar-refractivity contribution in [3.05, 3.63) is 18.1 Å². The molecule has 0 aliphatic heterocycles. The highest BCUT2D eigenvalue weighted by Crippen LogP contribution is 2.10. The highest BCUT2D eigenvalue weighted by Gasteiger charge is 2.19. The fraction of sp³-hybridized carbons (Fsp3) is 0.444. The van der Waals surface area contributed by atoms with E-state index in [2.05, 4.69) is 4.98 Å². The van der Waals surface area contributed by atoms with Crippen LogP contribution in [-0.2, 0) is 0 Å². The summed E-state index contributed by atoms with van der Waals surface area (Å²) in [6, 6.07) is 2.86. The number of rotatable bonds is 4. The minimum atomic E-state index is -1.84. The molecule has 5 nitrogen and oxygen atoms in total. The molecule has 16 heavy (non-hydrogen) atoms. The van der Waals surface area contributed by atoms with Crippen LogP contribution >= 0.6 is 0 Å². The largest absolute Gasteiger partial charge is 0.493 e. The molecule has 0 amide bonds. The molecule has 1 heterocycles. The van der Waals surface area contributed by atoms with Crippen LogP contribution in [0.5, 0.6) is 0 Å². The van der Waals surface area contributed by atoms with Crippen LogP contribution in [0.1, 0.15) is 6.92 Å². The molecule has 0 atom stereocenters. The second-order valence-electron chi connectivity index (χ2n) is 3.49. The summed E-state index contributed by atoms with van der Waals surface area (Å²) in [7, 11) is 1.80. The van der Waals surface area contributed by atoms with Crippen molar-refractivity contribution in [1.82, 2.24) is 9.99 Å². The normalized spacial score (nSPS) is 10.7. The van der Waals surface area contributed by atoms with Gasteiger partial charge in [-0.05, 0) is 13.0 Å². The smallest absolute Gasteiger partial charge is 0.423 e. The fourth-order valence-corrected chi connectivity index (χ4v) is 1.42. The molecule has 0 aliphatic carbocycles. The SMILES string of the molecule is CCN(c1ccc(B(O)O)c(F)n1)N(C)C. The third-order valence-corrected chi connectivity index (χ3v) is 2.19. The molecule has 0 bridgehead atoms. The van der Waals surface area contributed by atoms with Crippen LogP contribution in [0.2, 0.25) is 0 Å². The summed E-state index contributed by atoms with van der Waals surface area (Å²) in [6.07, 6.45) is 0. The summed E-state index contributed by atoms with van der Waals surface area (Å²) in [5.41, 5.74) is -0.224. The van der Waals surface area contributed by atoms with Gasteiger partial charge in [-0.15, -0.1) is 0 Å². The van der Waals surface area contributed by atoms with Crippen LogP contribution in [0.25, 0.3) is 0 Å². The third-order valence-electron chi connectivity index (χ3n) is 2.19. The Balaban J connectivity index is 3.04. The van der Waals surface area contributed by atoms with Gasteiger partial charge in [-0.25, -0.2) is 9.99 Å².